The molecule has 0 bridgehead atoms. The van der Waals surface area contributed by atoms with Crippen molar-refractivity contribution in [3.05, 3.63) is 60.0 Å². The molecule has 0 radical (unpaired) electrons. The second-order valence-electron chi connectivity index (χ2n) is 6.24. The average Bonchev–Trinajstić information content (AvgIpc) is 3.22. The Morgan fingerprint density at radius 2 is 2.04 bits per heavy atom. The molecule has 0 amide bonds. The van der Waals surface area contributed by atoms with Crippen LogP contribution in [0.5, 0.6) is 5.75 Å². The third-order valence-corrected chi connectivity index (χ3v) is 4.74. The van der Waals surface area contributed by atoms with Crippen molar-refractivity contribution in [3.63, 3.8) is 0 Å². The Bertz CT molecular complexity index is 1060. The zero-order valence-corrected chi connectivity index (χ0v) is 13.9. The molecule has 4 heterocycles. The van der Waals surface area contributed by atoms with Gasteiger partial charge in [0.2, 0.25) is 0 Å². The van der Waals surface area contributed by atoms with E-state index in [1.165, 1.54) is 0 Å². The van der Waals surface area contributed by atoms with Crippen molar-refractivity contribution in [2.24, 2.45) is 0 Å². The van der Waals surface area contributed by atoms with Crippen LogP contribution in [0, 0.1) is 13.8 Å². The molecular formula is C19H16N4O2. The summed E-state index contributed by atoms with van der Waals surface area (Å²) in [5.74, 6) is 1.62. The van der Waals surface area contributed by atoms with E-state index in [4.69, 9.17) is 9.26 Å². The van der Waals surface area contributed by atoms with E-state index in [0.29, 0.717) is 6.61 Å². The molecule has 0 spiro atoms. The molecule has 0 saturated carbocycles. The maximum Gasteiger partial charge on any atom is 0.153 e. The highest BCUT2D eigenvalue weighted by Crippen LogP contribution is 2.43. The lowest BCUT2D eigenvalue weighted by atomic mass is 10.0. The Labute approximate surface area is 144 Å². The van der Waals surface area contributed by atoms with Crippen molar-refractivity contribution >= 4 is 11.0 Å². The van der Waals surface area contributed by atoms with Crippen molar-refractivity contribution < 1.29 is 9.26 Å². The largest absolute Gasteiger partial charge is 0.488 e. The van der Waals surface area contributed by atoms with E-state index < -0.39 is 0 Å². The van der Waals surface area contributed by atoms with E-state index in [2.05, 4.69) is 19.7 Å². The zero-order valence-electron chi connectivity index (χ0n) is 13.9. The smallest absolute Gasteiger partial charge is 0.153 e. The first-order valence-corrected chi connectivity index (χ1v) is 8.20. The summed E-state index contributed by atoms with van der Waals surface area (Å²) in [6, 6.07) is 9.98. The topological polar surface area (TPSA) is 66.0 Å². The van der Waals surface area contributed by atoms with E-state index in [9.17, 15) is 0 Å². The van der Waals surface area contributed by atoms with Gasteiger partial charge in [0.05, 0.1) is 28.8 Å². The third-order valence-electron chi connectivity index (χ3n) is 4.74. The monoisotopic (exact) mass is 332 g/mol. The van der Waals surface area contributed by atoms with Gasteiger partial charge in [0.15, 0.2) is 5.75 Å². The van der Waals surface area contributed by atoms with Crippen LogP contribution in [0.15, 0.2) is 47.4 Å². The number of hydrogen-bond acceptors (Lipinski definition) is 5. The third kappa shape index (κ3) is 2.00. The number of aryl methyl sites for hydroxylation is 2. The predicted octanol–water partition coefficient (Wildman–Crippen LogP) is 3.68. The molecular weight excluding hydrogens is 316 g/mol. The SMILES string of the molecule is Cc1noc(C)c1-c1ccc2ncn3c2c1OCC3c1ccccn1. The first-order chi connectivity index (χ1) is 12.2. The average molecular weight is 332 g/mol. The molecule has 4 aromatic rings. The summed E-state index contributed by atoms with van der Waals surface area (Å²) in [4.78, 5) is 9.04. The van der Waals surface area contributed by atoms with Gasteiger partial charge in [0.1, 0.15) is 23.9 Å². The van der Waals surface area contributed by atoms with Crippen molar-refractivity contribution in [2.45, 2.75) is 19.9 Å². The number of hydrogen-bond donors (Lipinski definition) is 0. The van der Waals surface area contributed by atoms with Gasteiger partial charge in [-0.1, -0.05) is 11.2 Å². The lowest BCUT2D eigenvalue weighted by Crippen LogP contribution is -2.23. The molecule has 1 aliphatic heterocycles. The van der Waals surface area contributed by atoms with Crippen molar-refractivity contribution in [3.8, 4) is 16.9 Å². The maximum atomic E-state index is 6.22. The van der Waals surface area contributed by atoms with Gasteiger partial charge in [0.25, 0.3) is 0 Å². The van der Waals surface area contributed by atoms with Crippen LogP contribution in [0.25, 0.3) is 22.2 Å². The molecule has 1 unspecified atom stereocenters. The number of ether oxygens (including phenoxy) is 1. The van der Waals surface area contributed by atoms with Crippen LogP contribution in [0.3, 0.4) is 0 Å². The molecule has 0 saturated heterocycles. The fourth-order valence-electron chi connectivity index (χ4n) is 3.59. The highest BCUT2D eigenvalue weighted by atomic mass is 16.5. The number of nitrogens with zero attached hydrogens (tertiary/aromatic N) is 4. The van der Waals surface area contributed by atoms with Crippen LogP contribution in [0.2, 0.25) is 0 Å². The number of rotatable bonds is 2. The summed E-state index contributed by atoms with van der Waals surface area (Å²) in [5, 5.41) is 4.08. The van der Waals surface area contributed by atoms with Crippen molar-refractivity contribution in [2.75, 3.05) is 6.61 Å². The number of benzene rings is 1. The predicted molar refractivity (Wildman–Crippen MR) is 92.6 cm³/mol. The maximum absolute atomic E-state index is 6.22. The fraction of sp³-hybridized carbons (Fsp3) is 0.211. The first-order valence-electron chi connectivity index (χ1n) is 8.20. The van der Waals surface area contributed by atoms with Crippen molar-refractivity contribution in [1.82, 2.24) is 19.7 Å². The van der Waals surface area contributed by atoms with Gasteiger partial charge in [-0.05, 0) is 38.1 Å². The molecule has 5 rings (SSSR count). The van der Waals surface area contributed by atoms with Gasteiger partial charge in [-0.25, -0.2) is 4.98 Å². The van der Waals surface area contributed by atoms with Gasteiger partial charge in [-0.15, -0.1) is 0 Å². The van der Waals surface area contributed by atoms with Gasteiger partial charge in [-0.3, -0.25) is 4.98 Å². The Kier molecular flexibility index (Phi) is 2.94. The van der Waals surface area contributed by atoms with Crippen LogP contribution in [0.4, 0.5) is 0 Å². The Morgan fingerprint density at radius 1 is 1.12 bits per heavy atom. The van der Waals surface area contributed by atoms with Crippen LogP contribution < -0.4 is 4.74 Å². The zero-order chi connectivity index (χ0) is 17.0. The van der Waals surface area contributed by atoms with Gasteiger partial charge >= 0.3 is 0 Å². The summed E-state index contributed by atoms with van der Waals surface area (Å²) in [6.07, 6.45) is 3.67. The summed E-state index contributed by atoms with van der Waals surface area (Å²) in [6.45, 7) is 4.37. The highest BCUT2D eigenvalue weighted by molar-refractivity contribution is 5.92. The van der Waals surface area contributed by atoms with Crippen LogP contribution in [0.1, 0.15) is 23.2 Å². The summed E-state index contributed by atoms with van der Waals surface area (Å²) in [7, 11) is 0. The van der Waals surface area contributed by atoms with Gasteiger partial charge in [0, 0.05) is 11.8 Å². The minimum atomic E-state index is 0.0126. The Hall–Kier alpha value is -3.15. The normalized spacial score (nSPS) is 16.2. The molecule has 124 valence electrons. The Balaban J connectivity index is 1.75. The van der Waals surface area contributed by atoms with Crippen LogP contribution >= 0.6 is 0 Å². The van der Waals surface area contributed by atoms with E-state index in [1.54, 1.807) is 6.20 Å². The second kappa shape index (κ2) is 5.17. The van der Waals surface area contributed by atoms with Gasteiger partial charge < -0.3 is 13.8 Å². The van der Waals surface area contributed by atoms with E-state index in [1.807, 2.05) is 50.5 Å². The first kappa shape index (κ1) is 14.2. The molecule has 6 nitrogen and oxygen atoms in total. The standard InChI is InChI=1S/C19H16N4O2/c1-11-17(12(2)25-22-11)13-6-7-15-18-19(13)24-9-16(23(18)10-21-15)14-5-3-4-8-20-14/h3-8,10,16H,9H2,1-2H3. The molecule has 1 aliphatic rings. The summed E-state index contributed by atoms with van der Waals surface area (Å²) >= 11 is 0. The molecule has 3 aromatic heterocycles. The van der Waals surface area contributed by atoms with E-state index in [-0.39, 0.29) is 6.04 Å². The summed E-state index contributed by atoms with van der Waals surface area (Å²) < 4.78 is 13.7. The molecule has 6 heteroatoms. The quantitative estimate of drug-likeness (QED) is 0.560. The van der Waals surface area contributed by atoms with Crippen LogP contribution in [-0.4, -0.2) is 26.3 Å². The molecule has 1 atom stereocenters. The Morgan fingerprint density at radius 3 is 2.80 bits per heavy atom. The highest BCUT2D eigenvalue weighted by Gasteiger charge is 2.29. The van der Waals surface area contributed by atoms with Crippen molar-refractivity contribution in [1.29, 1.82) is 0 Å². The number of aromatic nitrogens is 4. The molecule has 0 aliphatic carbocycles. The molecule has 25 heavy (non-hydrogen) atoms. The molecule has 0 N–H and O–H groups in total. The van der Waals surface area contributed by atoms with E-state index >= 15 is 0 Å². The minimum absolute atomic E-state index is 0.0126. The van der Waals surface area contributed by atoms with Gasteiger partial charge in [-0.2, -0.15) is 0 Å². The summed E-state index contributed by atoms with van der Waals surface area (Å²) in [5.41, 5.74) is 5.70. The number of pyridine rings is 1. The van der Waals surface area contributed by atoms with Crippen LogP contribution in [-0.2, 0) is 0 Å². The number of imidazole rings is 1. The molecule has 0 fully saturated rings. The van der Waals surface area contributed by atoms with E-state index in [0.717, 1.165) is 45.1 Å². The second-order valence-corrected chi connectivity index (χ2v) is 6.24. The lowest BCUT2D eigenvalue weighted by Gasteiger charge is -2.26. The minimum Gasteiger partial charge on any atom is -0.488 e. The fourth-order valence-corrected chi connectivity index (χ4v) is 3.59. The molecule has 1 aromatic carbocycles. The lowest BCUT2D eigenvalue weighted by molar-refractivity contribution is 0.257.